The van der Waals surface area contributed by atoms with E-state index < -0.39 is 0 Å². The quantitative estimate of drug-likeness (QED) is 0.257. The first-order valence-corrected chi connectivity index (χ1v) is 0. The molecule has 0 heterocycles. The zero-order valence-corrected chi connectivity index (χ0v) is 18.6. The van der Waals surface area contributed by atoms with E-state index in [1.165, 1.54) is 0 Å². The molecule has 0 aliphatic carbocycles. The predicted octanol–water partition coefficient (Wildman–Crippen LogP) is -2.11. The average Bonchev–Trinajstić information content (AvgIpc) is 0. The molecule has 0 aliphatic rings. The smallest absolute Gasteiger partial charge is 0 e. The SMILES string of the molecule is [Au].[BiH3].[PbH2].[Zn]. The second-order valence-corrected chi connectivity index (χ2v) is 0. The summed E-state index contributed by atoms with van der Waals surface area (Å²) in [4.78, 5) is 0. The Labute approximate surface area is 93.4 Å². The van der Waals surface area contributed by atoms with Crippen LogP contribution in [-0.2, 0) is 41.9 Å². The largest absolute Gasteiger partial charge is 0 e. The van der Waals surface area contributed by atoms with Crippen molar-refractivity contribution < 1.29 is 41.9 Å². The fraction of sp³-hybridized carbons (Fsp3) is 0. The van der Waals surface area contributed by atoms with Gasteiger partial charge in [0, 0.05) is 41.9 Å². The summed E-state index contributed by atoms with van der Waals surface area (Å²) >= 11 is 0. The molecule has 3 radical (unpaired) electrons. The first kappa shape index (κ1) is 27.2. The number of rotatable bonds is 0. The Bertz CT molecular complexity index is 8.00. The molecule has 0 amide bonds. The summed E-state index contributed by atoms with van der Waals surface area (Å²) in [6.07, 6.45) is 0. The van der Waals surface area contributed by atoms with Crippen molar-refractivity contribution in [2.45, 2.75) is 0 Å². The van der Waals surface area contributed by atoms with Gasteiger partial charge in [-0.15, -0.1) is 0 Å². The monoisotopic (exact) mass is 683 g/mol. The zero-order chi connectivity index (χ0) is 0. The van der Waals surface area contributed by atoms with Gasteiger partial charge in [0.05, 0.1) is 0 Å². The Balaban J connectivity index is 0. The van der Waals surface area contributed by atoms with Crippen LogP contribution in [0.3, 0.4) is 0 Å². The zero-order valence-electron chi connectivity index (χ0n) is 2.42. The molecule has 0 aromatic heterocycles. The molecule has 4 heteroatoms. The summed E-state index contributed by atoms with van der Waals surface area (Å²) in [6, 6.07) is 0. The van der Waals surface area contributed by atoms with Gasteiger partial charge in [0.1, 0.15) is 0 Å². The van der Waals surface area contributed by atoms with Gasteiger partial charge < -0.3 is 0 Å². The summed E-state index contributed by atoms with van der Waals surface area (Å²) in [7, 11) is 0. The molecule has 0 N–H and O–H groups in total. The van der Waals surface area contributed by atoms with Gasteiger partial charge in [0.25, 0.3) is 0 Å². The standard InChI is InChI=1S/Au.Bi.Pb.Zn.5H. The van der Waals surface area contributed by atoms with Gasteiger partial charge in [0.2, 0.25) is 0 Å². The van der Waals surface area contributed by atoms with Crippen LogP contribution >= 0.6 is 0 Å². The molecule has 0 aromatic rings. The minimum Gasteiger partial charge on any atom is 0 e. The van der Waals surface area contributed by atoms with Crippen LogP contribution in [0, 0.1) is 0 Å². The van der Waals surface area contributed by atoms with Crippen LogP contribution in [0.2, 0.25) is 0 Å². The van der Waals surface area contributed by atoms with Gasteiger partial charge in [-0.3, -0.25) is 0 Å². The molecule has 0 bridgehead atoms. The third-order valence-corrected chi connectivity index (χ3v) is 0. The van der Waals surface area contributed by atoms with Crippen LogP contribution in [0.5, 0.6) is 0 Å². The molecule has 0 aromatic carbocycles. The maximum absolute atomic E-state index is 0. The Morgan fingerprint density at radius 2 is 1.00 bits per heavy atom. The third kappa shape index (κ3) is 8.95. The number of hydrogen-bond donors (Lipinski definition) is 0. The van der Waals surface area contributed by atoms with Crippen molar-refractivity contribution in [3.8, 4) is 0 Å². The second-order valence-electron chi connectivity index (χ2n) is 0. The summed E-state index contributed by atoms with van der Waals surface area (Å²) in [5.41, 5.74) is 0. The molecular formula is H5AuBiPbZn. The van der Waals surface area contributed by atoms with Gasteiger partial charge in [-0.1, -0.05) is 0 Å². The first-order valence-electron chi connectivity index (χ1n) is 0. The molecule has 0 saturated carbocycles. The molecule has 0 unspecified atom stereocenters. The van der Waals surface area contributed by atoms with Crippen LogP contribution in [0.15, 0.2) is 0 Å². The molecule has 27 valence electrons. The summed E-state index contributed by atoms with van der Waals surface area (Å²) < 4.78 is 0. The molecule has 4 heavy (non-hydrogen) atoms. The van der Waals surface area contributed by atoms with E-state index in [1.807, 2.05) is 0 Å². The van der Waals surface area contributed by atoms with Gasteiger partial charge in [-0.05, 0) is 0 Å². The van der Waals surface area contributed by atoms with Crippen molar-refractivity contribution in [3.63, 3.8) is 0 Å². The van der Waals surface area contributed by atoms with Crippen molar-refractivity contribution in [1.29, 1.82) is 0 Å². The topological polar surface area (TPSA) is 0 Å². The van der Waals surface area contributed by atoms with Gasteiger partial charge >= 0.3 is 53.5 Å². The number of hydrogen-bond acceptors (Lipinski definition) is 0. The molecule has 0 saturated heterocycles. The van der Waals surface area contributed by atoms with Gasteiger partial charge in [0.15, 0.2) is 0 Å². The van der Waals surface area contributed by atoms with E-state index in [9.17, 15) is 0 Å². The van der Waals surface area contributed by atoms with Crippen molar-refractivity contribution >= 4 is 53.5 Å². The molecule has 0 rings (SSSR count). The van der Waals surface area contributed by atoms with Gasteiger partial charge in [-0.25, -0.2) is 0 Å². The minimum absolute atomic E-state index is 0. The second kappa shape index (κ2) is 16.4. The molecule has 0 aliphatic heterocycles. The Hall–Kier alpha value is 3.17. The van der Waals surface area contributed by atoms with E-state index in [-0.39, 0.29) is 95.4 Å². The van der Waals surface area contributed by atoms with Crippen LogP contribution in [0.4, 0.5) is 0 Å². The molecule has 0 nitrogen and oxygen atoms in total. The first-order chi connectivity index (χ1) is 0. The molecule has 0 fully saturated rings. The Morgan fingerprint density at radius 1 is 1.00 bits per heavy atom. The van der Waals surface area contributed by atoms with E-state index in [0.717, 1.165) is 0 Å². The predicted molar refractivity (Wildman–Crippen MR) is 18.5 cm³/mol. The molecule has 0 spiro atoms. The van der Waals surface area contributed by atoms with Crippen LogP contribution in [-0.4, -0.2) is 53.5 Å². The molecule has 0 atom stereocenters. The van der Waals surface area contributed by atoms with Crippen LogP contribution in [0.25, 0.3) is 0 Å². The van der Waals surface area contributed by atoms with Crippen LogP contribution < -0.4 is 0 Å². The molecular weight excluding hydrogens is 679 g/mol. The van der Waals surface area contributed by atoms with Crippen molar-refractivity contribution in [1.82, 2.24) is 0 Å². The minimum atomic E-state index is 0. The maximum atomic E-state index is 0. The van der Waals surface area contributed by atoms with Crippen LogP contribution in [0.1, 0.15) is 0 Å². The fourth-order valence-corrected chi connectivity index (χ4v) is 0. The average molecular weight is 684 g/mol. The van der Waals surface area contributed by atoms with E-state index in [1.54, 1.807) is 0 Å². The Kier molecular flexibility index (Phi) is 111. The van der Waals surface area contributed by atoms with E-state index in [2.05, 4.69) is 0 Å². The van der Waals surface area contributed by atoms with Crippen molar-refractivity contribution in [3.05, 3.63) is 0 Å². The van der Waals surface area contributed by atoms with Crippen molar-refractivity contribution in [2.24, 2.45) is 0 Å². The maximum Gasteiger partial charge on any atom is 0 e. The van der Waals surface area contributed by atoms with E-state index in [4.69, 9.17) is 0 Å². The van der Waals surface area contributed by atoms with Gasteiger partial charge in [-0.2, -0.15) is 0 Å². The van der Waals surface area contributed by atoms with Crippen molar-refractivity contribution in [2.75, 3.05) is 0 Å². The normalized spacial score (nSPS) is 0. The third-order valence-electron chi connectivity index (χ3n) is 0. The van der Waals surface area contributed by atoms with E-state index in [0.29, 0.717) is 0 Å². The van der Waals surface area contributed by atoms with E-state index >= 15 is 0 Å². The summed E-state index contributed by atoms with van der Waals surface area (Å²) in [5.74, 6) is 0. The fourth-order valence-electron chi connectivity index (χ4n) is 0. The summed E-state index contributed by atoms with van der Waals surface area (Å²) in [5, 5.41) is 0. The summed E-state index contributed by atoms with van der Waals surface area (Å²) in [6.45, 7) is 0. The Morgan fingerprint density at radius 3 is 1.00 bits per heavy atom.